The lowest BCUT2D eigenvalue weighted by Gasteiger charge is -2.08. The van der Waals surface area contributed by atoms with Gasteiger partial charge in [0.05, 0.1) is 12.1 Å². The fourth-order valence-electron chi connectivity index (χ4n) is 1.88. The van der Waals surface area contributed by atoms with Gasteiger partial charge in [0.25, 0.3) is 5.91 Å². The van der Waals surface area contributed by atoms with E-state index in [0.717, 1.165) is 19.4 Å². The minimum absolute atomic E-state index is 0.234. The molecule has 0 saturated heterocycles. The zero-order chi connectivity index (χ0) is 16.7. The molecular weight excluding hydrogens is 316 g/mol. The molecule has 0 aliphatic rings. The van der Waals surface area contributed by atoms with Crippen LogP contribution >= 0.6 is 11.6 Å². The third-order valence-electron chi connectivity index (χ3n) is 3.14. The Bertz CT molecular complexity index is 662. The highest BCUT2D eigenvalue weighted by Gasteiger charge is 2.10. The molecule has 2 rings (SSSR count). The maximum Gasteiger partial charge on any atom is 0.276 e. The minimum Gasteiger partial charge on any atom is -0.495 e. The molecular formula is C16H19ClN4O2. The average Bonchev–Trinajstić information content (AvgIpc) is 2.56. The van der Waals surface area contributed by atoms with E-state index >= 15 is 0 Å². The van der Waals surface area contributed by atoms with Crippen LogP contribution in [0.3, 0.4) is 0 Å². The number of hydrogen-bond donors (Lipinski definition) is 2. The van der Waals surface area contributed by atoms with E-state index < -0.39 is 0 Å². The molecule has 0 saturated carbocycles. The van der Waals surface area contributed by atoms with Gasteiger partial charge in [-0.2, -0.15) is 0 Å². The molecule has 0 radical (unpaired) electrons. The second-order valence-electron chi connectivity index (χ2n) is 4.89. The van der Waals surface area contributed by atoms with Gasteiger partial charge in [-0.05, 0) is 36.8 Å². The summed E-state index contributed by atoms with van der Waals surface area (Å²) in [5, 5.41) is 14.2. The van der Waals surface area contributed by atoms with E-state index in [0.29, 0.717) is 22.3 Å². The quantitative estimate of drug-likeness (QED) is 0.756. The predicted molar refractivity (Wildman–Crippen MR) is 91.4 cm³/mol. The zero-order valence-electron chi connectivity index (χ0n) is 13.1. The van der Waals surface area contributed by atoms with Gasteiger partial charge < -0.3 is 15.4 Å². The van der Waals surface area contributed by atoms with E-state index in [1.807, 2.05) is 0 Å². The highest BCUT2D eigenvalue weighted by molar-refractivity contribution is 6.32. The fraction of sp³-hybridized carbons (Fsp3) is 0.312. The molecule has 0 bridgehead atoms. The minimum atomic E-state index is -0.348. The topological polar surface area (TPSA) is 76.1 Å². The first-order chi connectivity index (χ1) is 11.1. The zero-order valence-corrected chi connectivity index (χ0v) is 13.9. The summed E-state index contributed by atoms with van der Waals surface area (Å²) in [4.78, 5) is 12.1. The largest absolute Gasteiger partial charge is 0.495 e. The number of unbranched alkanes of at least 4 members (excludes halogenated alkanes) is 1. The lowest BCUT2D eigenvalue weighted by Crippen LogP contribution is -2.15. The summed E-state index contributed by atoms with van der Waals surface area (Å²) >= 11 is 6.03. The van der Waals surface area contributed by atoms with E-state index in [9.17, 15) is 4.79 Å². The number of carbonyl (C=O) groups excluding carboxylic acids is 1. The molecule has 1 aromatic carbocycles. The monoisotopic (exact) mass is 334 g/mol. The molecule has 1 heterocycles. The molecule has 0 atom stereocenters. The lowest BCUT2D eigenvalue weighted by atomic mass is 10.3. The van der Waals surface area contributed by atoms with Gasteiger partial charge >= 0.3 is 0 Å². The smallest absolute Gasteiger partial charge is 0.276 e. The van der Waals surface area contributed by atoms with E-state index in [4.69, 9.17) is 16.3 Å². The molecule has 1 amide bonds. The Kier molecular flexibility index (Phi) is 6.17. The molecule has 0 fully saturated rings. The van der Waals surface area contributed by atoms with Gasteiger partial charge in [0.1, 0.15) is 11.6 Å². The van der Waals surface area contributed by atoms with Crippen LogP contribution in [0.5, 0.6) is 5.75 Å². The predicted octanol–water partition coefficient (Wildman–Crippen LogP) is 3.60. The fourth-order valence-corrected chi connectivity index (χ4v) is 2.14. The van der Waals surface area contributed by atoms with Gasteiger partial charge in [0, 0.05) is 12.2 Å². The molecule has 1 aromatic heterocycles. The summed E-state index contributed by atoms with van der Waals surface area (Å²) in [5.74, 6) is 0.855. The molecule has 23 heavy (non-hydrogen) atoms. The summed E-state index contributed by atoms with van der Waals surface area (Å²) in [6, 6.07) is 8.37. The van der Waals surface area contributed by atoms with Crippen molar-refractivity contribution >= 4 is 29.0 Å². The van der Waals surface area contributed by atoms with Crippen molar-refractivity contribution < 1.29 is 9.53 Å². The van der Waals surface area contributed by atoms with Crippen LogP contribution in [0.2, 0.25) is 5.02 Å². The number of amides is 1. The van der Waals surface area contributed by atoms with Crippen LogP contribution in [0.25, 0.3) is 0 Å². The van der Waals surface area contributed by atoms with Gasteiger partial charge in [0.15, 0.2) is 5.69 Å². The Labute approximate surface area is 140 Å². The average molecular weight is 335 g/mol. The molecule has 0 aliphatic carbocycles. The number of methoxy groups -OCH3 is 1. The third kappa shape index (κ3) is 4.82. The van der Waals surface area contributed by atoms with Crippen molar-refractivity contribution in [1.29, 1.82) is 0 Å². The van der Waals surface area contributed by atoms with E-state index in [1.54, 1.807) is 30.3 Å². The Morgan fingerprint density at radius 3 is 2.70 bits per heavy atom. The molecule has 7 heteroatoms. The van der Waals surface area contributed by atoms with Crippen LogP contribution in [-0.4, -0.2) is 29.8 Å². The van der Waals surface area contributed by atoms with Crippen LogP contribution in [0.15, 0.2) is 30.3 Å². The first-order valence-corrected chi connectivity index (χ1v) is 7.74. The van der Waals surface area contributed by atoms with Crippen LogP contribution < -0.4 is 15.4 Å². The van der Waals surface area contributed by atoms with Crippen LogP contribution in [0, 0.1) is 0 Å². The normalized spacial score (nSPS) is 10.2. The number of carbonyl (C=O) groups is 1. The maximum atomic E-state index is 12.1. The highest BCUT2D eigenvalue weighted by atomic mass is 35.5. The number of nitrogens with one attached hydrogen (secondary N) is 2. The van der Waals surface area contributed by atoms with Gasteiger partial charge in [-0.3, -0.25) is 4.79 Å². The SMILES string of the molecule is CCCCNc1ccc(C(=O)Nc2ccc(OC)c(Cl)c2)nn1. The van der Waals surface area contributed by atoms with E-state index in [2.05, 4.69) is 27.8 Å². The maximum absolute atomic E-state index is 12.1. The molecule has 2 aromatic rings. The highest BCUT2D eigenvalue weighted by Crippen LogP contribution is 2.27. The summed E-state index contributed by atoms with van der Waals surface area (Å²) in [7, 11) is 1.53. The Morgan fingerprint density at radius 2 is 2.09 bits per heavy atom. The Balaban J connectivity index is 1.99. The standard InChI is InChI=1S/C16H19ClN4O2/c1-3-4-9-18-15-8-6-13(20-21-15)16(22)19-11-5-7-14(23-2)12(17)10-11/h5-8,10H,3-4,9H2,1-2H3,(H,18,21)(H,19,22). The van der Waals surface area contributed by atoms with Crippen LogP contribution in [0.1, 0.15) is 30.3 Å². The second kappa shape index (κ2) is 8.33. The summed E-state index contributed by atoms with van der Waals surface area (Å²) in [5.41, 5.74) is 0.797. The molecule has 6 nitrogen and oxygen atoms in total. The van der Waals surface area contributed by atoms with E-state index in [-0.39, 0.29) is 11.6 Å². The number of hydrogen-bond acceptors (Lipinski definition) is 5. The number of ether oxygens (including phenoxy) is 1. The van der Waals surface area contributed by atoms with Crippen molar-refractivity contribution in [3.8, 4) is 5.75 Å². The first-order valence-electron chi connectivity index (χ1n) is 7.36. The number of nitrogens with zero attached hydrogens (tertiary/aromatic N) is 2. The second-order valence-corrected chi connectivity index (χ2v) is 5.29. The Morgan fingerprint density at radius 1 is 1.26 bits per heavy atom. The van der Waals surface area contributed by atoms with Crippen LogP contribution in [0.4, 0.5) is 11.5 Å². The van der Waals surface area contributed by atoms with Gasteiger partial charge in [-0.25, -0.2) is 0 Å². The van der Waals surface area contributed by atoms with Crippen molar-refractivity contribution in [2.24, 2.45) is 0 Å². The van der Waals surface area contributed by atoms with Crippen molar-refractivity contribution in [1.82, 2.24) is 10.2 Å². The van der Waals surface area contributed by atoms with Crippen LogP contribution in [-0.2, 0) is 0 Å². The number of anilines is 2. The summed E-state index contributed by atoms with van der Waals surface area (Å²) in [6.07, 6.45) is 2.16. The van der Waals surface area contributed by atoms with Gasteiger partial charge in [-0.1, -0.05) is 24.9 Å². The number of benzene rings is 1. The number of halogens is 1. The van der Waals surface area contributed by atoms with Gasteiger partial charge in [0.2, 0.25) is 0 Å². The van der Waals surface area contributed by atoms with E-state index in [1.165, 1.54) is 7.11 Å². The Hall–Kier alpha value is -2.34. The molecule has 122 valence electrons. The summed E-state index contributed by atoms with van der Waals surface area (Å²) in [6.45, 7) is 2.95. The molecule has 0 unspecified atom stereocenters. The van der Waals surface area contributed by atoms with Crippen molar-refractivity contribution in [2.75, 3.05) is 24.3 Å². The lowest BCUT2D eigenvalue weighted by molar-refractivity contribution is 0.102. The van der Waals surface area contributed by atoms with Crippen molar-refractivity contribution in [3.63, 3.8) is 0 Å². The number of aromatic nitrogens is 2. The third-order valence-corrected chi connectivity index (χ3v) is 3.44. The molecule has 2 N–H and O–H groups in total. The first kappa shape index (κ1) is 17.0. The van der Waals surface area contributed by atoms with Crippen molar-refractivity contribution in [2.45, 2.75) is 19.8 Å². The summed E-state index contributed by atoms with van der Waals surface area (Å²) < 4.78 is 5.07. The number of rotatable bonds is 7. The van der Waals surface area contributed by atoms with Gasteiger partial charge in [-0.15, -0.1) is 10.2 Å². The molecule has 0 aliphatic heterocycles. The molecule has 0 spiro atoms. The van der Waals surface area contributed by atoms with Crippen molar-refractivity contribution in [3.05, 3.63) is 41.0 Å².